The number of carbonyl (C=O) groups excluding carboxylic acids is 1. The maximum Gasteiger partial charge on any atom is 0.322 e. The molecule has 2 aromatic carbocycles. The Bertz CT molecular complexity index is 1360. The molecule has 0 spiro atoms. The van der Waals surface area contributed by atoms with E-state index in [2.05, 4.69) is 40.2 Å². The van der Waals surface area contributed by atoms with E-state index in [-0.39, 0.29) is 18.1 Å². The summed E-state index contributed by atoms with van der Waals surface area (Å²) in [4.78, 5) is 27.2. The van der Waals surface area contributed by atoms with Crippen molar-refractivity contribution in [2.45, 2.75) is 39.3 Å². The molecule has 172 valence electrons. The molecule has 1 aliphatic heterocycles. The third kappa shape index (κ3) is 4.24. The molecule has 0 radical (unpaired) electrons. The standard InChI is InChI=1S/C27H27N5O2/c1-17-15-28-26-24(17)25(29-16-30-26)20-12-18(2)32(19(3)13-20)27(33)31-21-8-7-11-23(14-21)34-22-9-5-4-6-10-22/h4-12,14-16,18-19H,13H2,1-3H3,(H,31,33)(H,28,29,30). The summed E-state index contributed by atoms with van der Waals surface area (Å²) in [6.45, 7) is 6.16. The zero-order valence-electron chi connectivity index (χ0n) is 19.4. The van der Waals surface area contributed by atoms with Crippen LogP contribution in [-0.4, -0.2) is 38.0 Å². The van der Waals surface area contributed by atoms with Gasteiger partial charge in [0.25, 0.3) is 0 Å². The van der Waals surface area contributed by atoms with Gasteiger partial charge in [0.2, 0.25) is 0 Å². The van der Waals surface area contributed by atoms with Crippen LogP contribution < -0.4 is 10.1 Å². The number of aromatic amines is 1. The number of anilines is 1. The lowest BCUT2D eigenvalue weighted by molar-refractivity contribution is 0.178. The molecule has 2 N–H and O–H groups in total. The highest BCUT2D eigenvalue weighted by Crippen LogP contribution is 2.33. The lowest BCUT2D eigenvalue weighted by Gasteiger charge is -2.38. The number of fused-ring (bicyclic) bond motifs is 1. The molecule has 3 heterocycles. The summed E-state index contributed by atoms with van der Waals surface area (Å²) < 4.78 is 5.90. The fourth-order valence-corrected chi connectivity index (χ4v) is 4.63. The Labute approximate surface area is 198 Å². The lowest BCUT2D eigenvalue weighted by atomic mass is 9.93. The molecule has 4 aromatic rings. The molecule has 7 heteroatoms. The van der Waals surface area contributed by atoms with Crippen LogP contribution in [0.15, 0.2) is 73.2 Å². The van der Waals surface area contributed by atoms with E-state index < -0.39 is 0 Å². The molecular formula is C27H27N5O2. The number of aromatic nitrogens is 3. The van der Waals surface area contributed by atoms with Crippen LogP contribution >= 0.6 is 0 Å². The number of hydrogen-bond acceptors (Lipinski definition) is 4. The molecule has 2 aromatic heterocycles. The minimum Gasteiger partial charge on any atom is -0.457 e. The number of benzene rings is 2. The second kappa shape index (κ2) is 9.02. The quantitative estimate of drug-likeness (QED) is 0.388. The number of ether oxygens (including phenoxy) is 1. The first-order valence-electron chi connectivity index (χ1n) is 11.4. The van der Waals surface area contributed by atoms with Crippen molar-refractivity contribution >= 4 is 28.3 Å². The minimum absolute atomic E-state index is 0.00279. The van der Waals surface area contributed by atoms with Crippen molar-refractivity contribution in [3.63, 3.8) is 0 Å². The summed E-state index contributed by atoms with van der Waals surface area (Å²) >= 11 is 0. The molecule has 2 amide bonds. The van der Waals surface area contributed by atoms with E-state index >= 15 is 0 Å². The molecule has 34 heavy (non-hydrogen) atoms. The second-order valence-electron chi connectivity index (χ2n) is 8.68. The average molecular weight is 454 g/mol. The molecule has 0 fully saturated rings. The van der Waals surface area contributed by atoms with Gasteiger partial charge in [-0.2, -0.15) is 0 Å². The van der Waals surface area contributed by atoms with Crippen LogP contribution in [0.5, 0.6) is 11.5 Å². The molecule has 0 aliphatic carbocycles. The van der Waals surface area contributed by atoms with Crippen molar-refractivity contribution in [1.29, 1.82) is 0 Å². The molecule has 5 rings (SSSR count). The summed E-state index contributed by atoms with van der Waals surface area (Å²) in [5, 5.41) is 4.08. The van der Waals surface area contributed by atoms with Crippen LogP contribution in [0.25, 0.3) is 16.6 Å². The van der Waals surface area contributed by atoms with Gasteiger partial charge >= 0.3 is 6.03 Å². The molecule has 1 aliphatic rings. The van der Waals surface area contributed by atoms with Gasteiger partial charge in [-0.3, -0.25) is 0 Å². The SMILES string of the molecule is Cc1c[nH]c2ncnc(C3=CC(C)N(C(=O)Nc4cccc(Oc5ccccc5)c4)C(C)C3)c12. The van der Waals surface area contributed by atoms with Crippen molar-refractivity contribution < 1.29 is 9.53 Å². The number of amides is 2. The highest BCUT2D eigenvalue weighted by Gasteiger charge is 2.31. The predicted molar refractivity (Wildman–Crippen MR) is 134 cm³/mol. The van der Waals surface area contributed by atoms with E-state index in [9.17, 15) is 4.79 Å². The molecule has 7 nitrogen and oxygen atoms in total. The lowest BCUT2D eigenvalue weighted by Crippen LogP contribution is -2.48. The Balaban J connectivity index is 1.34. The maximum atomic E-state index is 13.2. The van der Waals surface area contributed by atoms with Crippen molar-refractivity contribution in [2.75, 3.05) is 5.32 Å². The molecule has 0 saturated heterocycles. The van der Waals surface area contributed by atoms with Gasteiger partial charge in [0.05, 0.1) is 5.69 Å². The summed E-state index contributed by atoms with van der Waals surface area (Å²) in [5.41, 5.74) is 4.71. The van der Waals surface area contributed by atoms with Crippen LogP contribution in [0.2, 0.25) is 0 Å². The van der Waals surface area contributed by atoms with E-state index in [4.69, 9.17) is 4.74 Å². The topological polar surface area (TPSA) is 83.1 Å². The van der Waals surface area contributed by atoms with Crippen LogP contribution in [0, 0.1) is 6.92 Å². The highest BCUT2D eigenvalue weighted by atomic mass is 16.5. The van der Waals surface area contributed by atoms with Crippen molar-refractivity contribution in [1.82, 2.24) is 19.9 Å². The predicted octanol–water partition coefficient (Wildman–Crippen LogP) is 6.16. The van der Waals surface area contributed by atoms with Gasteiger partial charge in [-0.1, -0.05) is 30.3 Å². The van der Waals surface area contributed by atoms with Crippen LogP contribution in [0.4, 0.5) is 10.5 Å². The first-order chi connectivity index (χ1) is 16.5. The van der Waals surface area contributed by atoms with Gasteiger partial charge in [-0.15, -0.1) is 0 Å². The van der Waals surface area contributed by atoms with E-state index in [0.29, 0.717) is 17.9 Å². The summed E-state index contributed by atoms with van der Waals surface area (Å²) in [7, 11) is 0. The van der Waals surface area contributed by atoms with Gasteiger partial charge in [-0.25, -0.2) is 14.8 Å². The monoisotopic (exact) mass is 453 g/mol. The third-order valence-corrected chi connectivity index (χ3v) is 6.14. The molecule has 2 unspecified atom stereocenters. The van der Waals surface area contributed by atoms with Crippen molar-refractivity contribution in [3.05, 3.63) is 84.5 Å². The van der Waals surface area contributed by atoms with E-state index in [1.807, 2.05) is 72.6 Å². The maximum absolute atomic E-state index is 13.2. The van der Waals surface area contributed by atoms with E-state index in [1.54, 1.807) is 6.33 Å². The number of hydrogen-bond donors (Lipinski definition) is 2. The van der Waals surface area contributed by atoms with Crippen molar-refractivity contribution in [3.8, 4) is 11.5 Å². The summed E-state index contributed by atoms with van der Waals surface area (Å²) in [5.74, 6) is 1.42. The third-order valence-electron chi connectivity index (χ3n) is 6.14. The van der Waals surface area contributed by atoms with Gasteiger partial charge in [0.15, 0.2) is 0 Å². The number of aryl methyl sites for hydroxylation is 1. The smallest absolute Gasteiger partial charge is 0.322 e. The number of nitrogens with zero attached hydrogens (tertiary/aromatic N) is 3. The summed E-state index contributed by atoms with van der Waals surface area (Å²) in [6.07, 6.45) is 6.39. The number of H-pyrrole nitrogens is 1. The first kappa shape index (κ1) is 21.7. The summed E-state index contributed by atoms with van der Waals surface area (Å²) in [6, 6.07) is 16.8. The van der Waals surface area contributed by atoms with Gasteiger partial charge in [0.1, 0.15) is 23.5 Å². The Morgan fingerprint density at radius 3 is 2.68 bits per heavy atom. The van der Waals surface area contributed by atoms with Crippen LogP contribution in [0.1, 0.15) is 31.5 Å². The van der Waals surface area contributed by atoms with E-state index in [1.165, 1.54) is 0 Å². The second-order valence-corrected chi connectivity index (χ2v) is 8.68. The number of carbonyl (C=O) groups is 1. The molecule has 0 bridgehead atoms. The fourth-order valence-electron chi connectivity index (χ4n) is 4.63. The Kier molecular flexibility index (Phi) is 5.76. The van der Waals surface area contributed by atoms with Crippen molar-refractivity contribution in [2.24, 2.45) is 0 Å². The largest absolute Gasteiger partial charge is 0.457 e. The number of rotatable bonds is 4. The minimum atomic E-state index is -0.141. The molecule has 2 atom stereocenters. The molecule has 0 saturated carbocycles. The fraction of sp³-hybridized carbons (Fsp3) is 0.222. The van der Waals surface area contributed by atoms with Gasteiger partial charge < -0.3 is 19.9 Å². The number of para-hydroxylation sites is 1. The van der Waals surface area contributed by atoms with Crippen LogP contribution in [0.3, 0.4) is 0 Å². The zero-order chi connectivity index (χ0) is 23.7. The molecular weight excluding hydrogens is 426 g/mol. The first-order valence-corrected chi connectivity index (χ1v) is 11.4. The Hall–Kier alpha value is -4.13. The zero-order valence-corrected chi connectivity index (χ0v) is 19.4. The normalized spacial score (nSPS) is 18.0. The average Bonchev–Trinajstić information content (AvgIpc) is 3.20. The van der Waals surface area contributed by atoms with Gasteiger partial charge in [-0.05, 0) is 62.6 Å². The number of urea groups is 1. The Morgan fingerprint density at radius 2 is 1.88 bits per heavy atom. The Morgan fingerprint density at radius 1 is 1.09 bits per heavy atom. The van der Waals surface area contributed by atoms with E-state index in [0.717, 1.165) is 33.6 Å². The highest BCUT2D eigenvalue weighted by molar-refractivity contribution is 5.93. The number of nitrogens with one attached hydrogen (secondary N) is 2. The van der Waals surface area contributed by atoms with Gasteiger partial charge in [0, 0.05) is 35.4 Å². The van der Waals surface area contributed by atoms with Crippen LogP contribution in [-0.2, 0) is 0 Å².